The average molecular weight is 293 g/mol. The Labute approximate surface area is 125 Å². The molecule has 0 saturated heterocycles. The minimum atomic E-state index is -0.481. The molecule has 0 aromatic carbocycles. The first-order valence-corrected chi connectivity index (χ1v) is 7.06. The van der Waals surface area contributed by atoms with Gasteiger partial charge in [0.25, 0.3) is 0 Å². The van der Waals surface area contributed by atoms with Crippen molar-refractivity contribution in [1.29, 1.82) is 0 Å². The van der Waals surface area contributed by atoms with Gasteiger partial charge in [-0.25, -0.2) is 9.78 Å². The lowest BCUT2D eigenvalue weighted by molar-refractivity contribution is 0.0222. The zero-order valence-electron chi connectivity index (χ0n) is 13.3. The van der Waals surface area contributed by atoms with Gasteiger partial charge in [-0.2, -0.15) is 0 Å². The second kappa shape index (κ2) is 5.79. The number of methoxy groups -OCH3 is 1. The van der Waals surface area contributed by atoms with Crippen molar-refractivity contribution in [3.8, 4) is 5.88 Å². The molecule has 2 heterocycles. The number of amides is 1. The lowest BCUT2D eigenvalue weighted by atomic mass is 10.1. The van der Waals surface area contributed by atoms with Gasteiger partial charge in [0.2, 0.25) is 5.88 Å². The predicted octanol–water partition coefficient (Wildman–Crippen LogP) is 2.43. The van der Waals surface area contributed by atoms with Crippen molar-refractivity contribution in [2.24, 2.45) is 0 Å². The molecule has 0 aliphatic carbocycles. The summed E-state index contributed by atoms with van der Waals surface area (Å²) >= 11 is 0. The Morgan fingerprint density at radius 1 is 1.43 bits per heavy atom. The van der Waals surface area contributed by atoms with Gasteiger partial charge in [-0.05, 0) is 32.4 Å². The van der Waals surface area contributed by atoms with Crippen LogP contribution in [0, 0.1) is 0 Å². The highest BCUT2D eigenvalue weighted by Gasteiger charge is 2.27. The zero-order chi connectivity index (χ0) is 15.6. The van der Waals surface area contributed by atoms with E-state index in [0.717, 1.165) is 16.9 Å². The van der Waals surface area contributed by atoms with Gasteiger partial charge in [0.1, 0.15) is 5.60 Å². The van der Waals surface area contributed by atoms with E-state index in [2.05, 4.69) is 10.3 Å². The van der Waals surface area contributed by atoms with Crippen LogP contribution in [0.5, 0.6) is 5.88 Å². The number of hydrogen-bond acceptors (Lipinski definition) is 5. The molecular weight excluding hydrogens is 270 g/mol. The summed E-state index contributed by atoms with van der Waals surface area (Å²) in [6.45, 7) is 6.73. The molecule has 1 aromatic heterocycles. The van der Waals surface area contributed by atoms with Crippen LogP contribution in [0.1, 0.15) is 32.0 Å². The molecule has 0 spiro atoms. The van der Waals surface area contributed by atoms with E-state index in [1.54, 1.807) is 12.0 Å². The second-order valence-electron chi connectivity index (χ2n) is 6.05. The largest absolute Gasteiger partial charge is 0.480 e. The van der Waals surface area contributed by atoms with Gasteiger partial charge in [0.05, 0.1) is 25.0 Å². The molecule has 0 radical (unpaired) electrons. The summed E-state index contributed by atoms with van der Waals surface area (Å²) in [4.78, 5) is 18.4. The van der Waals surface area contributed by atoms with Gasteiger partial charge in [-0.3, -0.25) is 0 Å². The molecular formula is C15H23N3O3. The monoisotopic (exact) mass is 293 g/mol. The first-order chi connectivity index (χ1) is 9.84. The third-order valence-electron chi connectivity index (χ3n) is 3.25. The molecule has 1 aliphatic rings. The Hall–Kier alpha value is -1.98. The van der Waals surface area contributed by atoms with Crippen LogP contribution in [0.2, 0.25) is 0 Å². The number of anilines is 1. The van der Waals surface area contributed by atoms with Gasteiger partial charge in [0.15, 0.2) is 0 Å². The highest BCUT2D eigenvalue weighted by molar-refractivity contribution is 5.69. The Balaban J connectivity index is 2.18. The number of rotatable bonds is 2. The first-order valence-electron chi connectivity index (χ1n) is 7.06. The highest BCUT2D eigenvalue weighted by Crippen LogP contribution is 2.28. The predicted molar refractivity (Wildman–Crippen MR) is 80.7 cm³/mol. The maximum Gasteiger partial charge on any atom is 0.410 e. The van der Waals surface area contributed by atoms with Crippen LogP contribution < -0.4 is 10.1 Å². The van der Waals surface area contributed by atoms with Gasteiger partial charge < -0.3 is 19.7 Å². The fourth-order valence-electron chi connectivity index (χ4n) is 2.27. The van der Waals surface area contributed by atoms with E-state index in [0.29, 0.717) is 25.4 Å². The van der Waals surface area contributed by atoms with Crippen LogP contribution in [0.15, 0.2) is 6.07 Å². The van der Waals surface area contributed by atoms with Gasteiger partial charge in [-0.1, -0.05) is 0 Å². The number of carbonyl (C=O) groups excluding carboxylic acids is 1. The van der Waals surface area contributed by atoms with E-state index in [4.69, 9.17) is 9.47 Å². The summed E-state index contributed by atoms with van der Waals surface area (Å²) in [6.07, 6.45) is 0.421. The molecule has 6 nitrogen and oxygen atoms in total. The second-order valence-corrected chi connectivity index (χ2v) is 6.05. The molecule has 0 saturated carbocycles. The fourth-order valence-corrected chi connectivity index (χ4v) is 2.27. The molecule has 1 aromatic rings. The summed E-state index contributed by atoms with van der Waals surface area (Å²) in [6, 6.07) is 1.98. The number of hydrogen-bond donors (Lipinski definition) is 1. The Kier molecular flexibility index (Phi) is 4.25. The number of fused-ring (bicyclic) bond motifs is 1. The van der Waals surface area contributed by atoms with E-state index < -0.39 is 5.60 Å². The van der Waals surface area contributed by atoms with Crippen LogP contribution in [0.4, 0.5) is 10.5 Å². The van der Waals surface area contributed by atoms with Gasteiger partial charge >= 0.3 is 6.09 Å². The summed E-state index contributed by atoms with van der Waals surface area (Å²) in [5.74, 6) is 0.585. The molecule has 0 fully saturated rings. The van der Waals surface area contributed by atoms with Crippen LogP contribution in [-0.2, 0) is 17.7 Å². The zero-order valence-corrected chi connectivity index (χ0v) is 13.3. The number of nitrogens with one attached hydrogen (secondary N) is 1. The SMILES string of the molecule is CNc1cc2c(nc1OC)CCN(C(=O)OC(C)(C)C)C2. The topological polar surface area (TPSA) is 63.7 Å². The Bertz CT molecular complexity index is 538. The highest BCUT2D eigenvalue weighted by atomic mass is 16.6. The van der Waals surface area contributed by atoms with Crippen LogP contribution in [-0.4, -0.2) is 42.3 Å². The molecule has 0 unspecified atom stereocenters. The Morgan fingerprint density at radius 2 is 2.14 bits per heavy atom. The van der Waals surface area contributed by atoms with E-state index in [-0.39, 0.29) is 6.09 Å². The van der Waals surface area contributed by atoms with E-state index in [1.807, 2.05) is 33.9 Å². The molecule has 0 atom stereocenters. The standard InChI is InChI=1S/C15H23N3O3/c1-15(2,3)21-14(19)18-7-6-11-10(9-18)8-12(16-4)13(17-11)20-5/h8,16H,6-7,9H2,1-5H3. The van der Waals surface area contributed by atoms with Crippen molar-refractivity contribution in [1.82, 2.24) is 9.88 Å². The number of aromatic nitrogens is 1. The smallest absolute Gasteiger partial charge is 0.410 e. The maximum atomic E-state index is 12.1. The number of pyridine rings is 1. The summed E-state index contributed by atoms with van der Waals surface area (Å²) < 4.78 is 10.7. The lowest BCUT2D eigenvalue weighted by Gasteiger charge is -2.31. The summed E-state index contributed by atoms with van der Waals surface area (Å²) in [7, 11) is 3.42. The van der Waals surface area contributed by atoms with Crippen molar-refractivity contribution in [2.75, 3.05) is 26.0 Å². The number of ether oxygens (including phenoxy) is 2. The van der Waals surface area contributed by atoms with Crippen LogP contribution in [0.25, 0.3) is 0 Å². The molecule has 116 valence electrons. The average Bonchev–Trinajstić information content (AvgIpc) is 2.43. The molecule has 1 aliphatic heterocycles. The molecule has 0 bridgehead atoms. The summed E-state index contributed by atoms with van der Waals surface area (Å²) in [5.41, 5.74) is 2.34. The molecule has 1 N–H and O–H groups in total. The van der Waals surface area contributed by atoms with Gasteiger partial charge in [-0.15, -0.1) is 0 Å². The van der Waals surface area contributed by atoms with E-state index >= 15 is 0 Å². The van der Waals surface area contributed by atoms with E-state index in [9.17, 15) is 4.79 Å². The minimum absolute atomic E-state index is 0.282. The number of carbonyl (C=O) groups is 1. The van der Waals surface area contributed by atoms with Gasteiger partial charge in [0, 0.05) is 20.0 Å². The third-order valence-corrected chi connectivity index (χ3v) is 3.25. The maximum absolute atomic E-state index is 12.1. The third kappa shape index (κ3) is 3.56. The first kappa shape index (κ1) is 15.4. The van der Waals surface area contributed by atoms with Crippen molar-refractivity contribution in [2.45, 2.75) is 39.3 Å². The van der Waals surface area contributed by atoms with Crippen molar-refractivity contribution in [3.05, 3.63) is 17.3 Å². The molecule has 1 amide bonds. The van der Waals surface area contributed by atoms with E-state index in [1.165, 1.54) is 0 Å². The molecule has 2 rings (SSSR count). The lowest BCUT2D eigenvalue weighted by Crippen LogP contribution is -2.40. The van der Waals surface area contributed by atoms with Crippen molar-refractivity contribution >= 4 is 11.8 Å². The fraction of sp³-hybridized carbons (Fsp3) is 0.600. The molecule has 6 heteroatoms. The Morgan fingerprint density at radius 3 is 2.71 bits per heavy atom. The summed E-state index contributed by atoms with van der Waals surface area (Å²) in [5, 5.41) is 3.06. The van der Waals surface area contributed by atoms with Crippen molar-refractivity contribution < 1.29 is 14.3 Å². The number of nitrogens with zero attached hydrogens (tertiary/aromatic N) is 2. The van der Waals surface area contributed by atoms with Crippen molar-refractivity contribution in [3.63, 3.8) is 0 Å². The normalized spacial score (nSPS) is 14.4. The quantitative estimate of drug-likeness (QED) is 0.907. The van der Waals surface area contributed by atoms with Crippen LogP contribution >= 0.6 is 0 Å². The minimum Gasteiger partial charge on any atom is -0.480 e. The van der Waals surface area contributed by atoms with Crippen LogP contribution in [0.3, 0.4) is 0 Å². The molecule has 21 heavy (non-hydrogen) atoms.